The first-order chi connectivity index (χ1) is 11.4. The predicted octanol–water partition coefficient (Wildman–Crippen LogP) is 2.88. The first kappa shape index (κ1) is 14.7. The molecule has 0 radical (unpaired) electrons. The van der Waals surface area contributed by atoms with Crippen molar-refractivity contribution in [2.45, 2.75) is 33.4 Å². The summed E-state index contributed by atoms with van der Waals surface area (Å²) in [7, 11) is 0. The third kappa shape index (κ3) is 1.96. The lowest BCUT2D eigenvalue weighted by atomic mass is 9.63. The van der Waals surface area contributed by atoms with Crippen molar-refractivity contribution in [3.8, 4) is 0 Å². The summed E-state index contributed by atoms with van der Waals surface area (Å²) < 4.78 is 0. The van der Waals surface area contributed by atoms with Crippen molar-refractivity contribution in [3.05, 3.63) is 45.7 Å². The Morgan fingerprint density at radius 3 is 2.33 bits per heavy atom. The van der Waals surface area contributed by atoms with E-state index in [-0.39, 0.29) is 11.7 Å². The molecule has 4 fully saturated rings. The molecule has 0 saturated carbocycles. The number of aromatic nitrogens is 1. The van der Waals surface area contributed by atoms with Crippen molar-refractivity contribution in [2.75, 3.05) is 26.2 Å². The molecule has 0 spiro atoms. The Morgan fingerprint density at radius 2 is 1.71 bits per heavy atom. The quantitative estimate of drug-likeness (QED) is 0.877. The van der Waals surface area contributed by atoms with Crippen molar-refractivity contribution < 1.29 is 0 Å². The molecule has 4 aliphatic rings. The fraction of sp³-hybridized carbons (Fsp3) is 0.550. The van der Waals surface area contributed by atoms with Gasteiger partial charge < -0.3 is 4.98 Å². The highest BCUT2D eigenvalue weighted by molar-refractivity contribution is 5.82. The van der Waals surface area contributed by atoms with E-state index in [1.807, 2.05) is 0 Å². The van der Waals surface area contributed by atoms with E-state index in [0.717, 1.165) is 48.2 Å². The number of hydrogen-bond donors (Lipinski definition) is 1. The molecule has 4 heteroatoms. The minimum absolute atomic E-state index is 0.0737. The maximum absolute atomic E-state index is 12.9. The number of nitrogens with one attached hydrogen (secondary N) is 1. The number of nitrogens with zero attached hydrogens (tertiary/aromatic N) is 2. The van der Waals surface area contributed by atoms with Crippen molar-refractivity contribution in [3.63, 3.8) is 0 Å². The number of H-pyrrole nitrogens is 1. The van der Waals surface area contributed by atoms with E-state index in [9.17, 15) is 4.79 Å². The van der Waals surface area contributed by atoms with Crippen LogP contribution in [0.25, 0.3) is 10.9 Å². The first-order valence-corrected chi connectivity index (χ1v) is 8.97. The van der Waals surface area contributed by atoms with Gasteiger partial charge in [0.1, 0.15) is 0 Å². The summed E-state index contributed by atoms with van der Waals surface area (Å²) in [6.07, 6.45) is 1.45. The summed E-state index contributed by atoms with van der Waals surface area (Å²) in [6, 6.07) is 8.35. The third-order valence-corrected chi connectivity index (χ3v) is 6.28. The van der Waals surface area contributed by atoms with Gasteiger partial charge in [-0.15, -0.1) is 0 Å². The molecular formula is C20H25N3O. The largest absolute Gasteiger partial charge is 0.321 e. The zero-order valence-electron chi connectivity index (χ0n) is 14.7. The zero-order chi connectivity index (χ0) is 16.7. The molecule has 1 aromatic heterocycles. The lowest BCUT2D eigenvalue weighted by Gasteiger charge is -2.66. The number of benzene rings is 1. The minimum Gasteiger partial charge on any atom is -0.321 e. The number of hydrogen-bond acceptors (Lipinski definition) is 3. The number of aryl methyl sites for hydroxylation is 1. The van der Waals surface area contributed by atoms with E-state index >= 15 is 0 Å². The van der Waals surface area contributed by atoms with Crippen LogP contribution in [0.5, 0.6) is 0 Å². The van der Waals surface area contributed by atoms with Gasteiger partial charge in [0.2, 0.25) is 0 Å². The predicted molar refractivity (Wildman–Crippen MR) is 96.0 cm³/mol. The molecule has 1 aromatic carbocycles. The number of fused-ring (bicyclic) bond motifs is 1. The Bertz CT molecular complexity index is 863. The summed E-state index contributed by atoms with van der Waals surface area (Å²) >= 11 is 0. The minimum atomic E-state index is 0.0737. The fourth-order valence-corrected chi connectivity index (χ4v) is 5.99. The molecule has 4 saturated heterocycles. The molecule has 0 atom stereocenters. The Hall–Kier alpha value is -1.65. The fourth-order valence-electron chi connectivity index (χ4n) is 5.99. The van der Waals surface area contributed by atoms with Gasteiger partial charge in [-0.2, -0.15) is 0 Å². The second-order valence-electron chi connectivity index (χ2n) is 9.07. The first-order valence-electron chi connectivity index (χ1n) is 8.97. The van der Waals surface area contributed by atoms with Gasteiger partial charge >= 0.3 is 0 Å². The highest BCUT2D eigenvalue weighted by Gasteiger charge is 2.56. The molecule has 126 valence electrons. The molecular weight excluding hydrogens is 298 g/mol. The topological polar surface area (TPSA) is 39.3 Å². The second kappa shape index (κ2) is 4.50. The van der Waals surface area contributed by atoms with Crippen LogP contribution in [0, 0.1) is 17.8 Å². The number of pyridine rings is 1. The van der Waals surface area contributed by atoms with Crippen LogP contribution in [0.15, 0.2) is 29.1 Å². The van der Waals surface area contributed by atoms with Crippen LogP contribution in [0.1, 0.15) is 37.6 Å². The van der Waals surface area contributed by atoms with Crippen molar-refractivity contribution in [1.29, 1.82) is 0 Å². The van der Waals surface area contributed by atoms with Crippen molar-refractivity contribution in [2.24, 2.45) is 10.8 Å². The van der Waals surface area contributed by atoms with E-state index in [4.69, 9.17) is 0 Å². The maximum Gasteiger partial charge on any atom is 0.254 e. The lowest BCUT2D eigenvalue weighted by Crippen LogP contribution is -2.71. The molecule has 5 heterocycles. The van der Waals surface area contributed by atoms with Crippen LogP contribution < -0.4 is 5.56 Å². The lowest BCUT2D eigenvalue weighted by molar-refractivity contribution is -0.194. The monoisotopic (exact) mass is 323 g/mol. The van der Waals surface area contributed by atoms with Crippen LogP contribution in [-0.2, 0) is 0 Å². The molecule has 4 aliphatic heterocycles. The Kier molecular flexibility index (Phi) is 2.75. The van der Waals surface area contributed by atoms with Gasteiger partial charge in [-0.25, -0.2) is 0 Å². The molecule has 0 unspecified atom stereocenters. The molecule has 1 N–H and O–H groups in total. The van der Waals surface area contributed by atoms with E-state index in [1.54, 1.807) is 0 Å². The summed E-state index contributed by atoms with van der Waals surface area (Å²) in [5, 5.41) is 1.14. The molecule has 4 nitrogen and oxygen atoms in total. The Morgan fingerprint density at radius 1 is 1.08 bits per heavy atom. The molecule has 24 heavy (non-hydrogen) atoms. The van der Waals surface area contributed by atoms with Crippen molar-refractivity contribution in [1.82, 2.24) is 14.8 Å². The number of piperidine rings is 2. The Labute approximate surface area is 142 Å². The van der Waals surface area contributed by atoms with E-state index in [0.29, 0.717) is 10.8 Å². The summed E-state index contributed by atoms with van der Waals surface area (Å²) in [4.78, 5) is 21.1. The normalized spacial score (nSPS) is 40.4. The maximum atomic E-state index is 12.9. The van der Waals surface area contributed by atoms with E-state index in [1.165, 1.54) is 6.42 Å². The number of aromatic amines is 1. The second-order valence-corrected chi connectivity index (χ2v) is 9.07. The van der Waals surface area contributed by atoms with Gasteiger partial charge in [-0.1, -0.05) is 32.0 Å². The third-order valence-electron chi connectivity index (χ3n) is 6.28. The molecule has 0 aliphatic carbocycles. The smallest absolute Gasteiger partial charge is 0.254 e. The van der Waals surface area contributed by atoms with Crippen molar-refractivity contribution >= 4 is 10.9 Å². The molecule has 2 aromatic rings. The van der Waals surface area contributed by atoms with Crippen LogP contribution in [0.3, 0.4) is 0 Å². The van der Waals surface area contributed by atoms with Crippen LogP contribution in [-0.4, -0.2) is 41.0 Å². The number of para-hydroxylation sites is 1. The summed E-state index contributed by atoms with van der Waals surface area (Å²) in [6.45, 7) is 11.3. The van der Waals surface area contributed by atoms with Gasteiger partial charge in [-0.05, 0) is 41.2 Å². The molecule has 4 bridgehead atoms. The zero-order valence-corrected chi connectivity index (χ0v) is 14.7. The van der Waals surface area contributed by atoms with E-state index in [2.05, 4.69) is 59.8 Å². The van der Waals surface area contributed by atoms with Crippen LogP contribution in [0.2, 0.25) is 0 Å². The SMILES string of the molecule is Cc1cccc2cc(C3N4CC5(C)CN3CC(C)(C4)C5)c(=O)[nH]c12. The summed E-state index contributed by atoms with van der Waals surface area (Å²) in [5.74, 6) is 0. The number of rotatable bonds is 1. The highest BCUT2D eigenvalue weighted by Crippen LogP contribution is 2.53. The van der Waals surface area contributed by atoms with E-state index < -0.39 is 0 Å². The average molecular weight is 323 g/mol. The van der Waals surface area contributed by atoms with Gasteiger partial charge in [0, 0.05) is 31.7 Å². The highest BCUT2D eigenvalue weighted by atomic mass is 16.1. The standard InChI is InChI=1S/C20H25N3O/c1-13-5-4-6-14-7-15(17(24)21-16(13)14)18-22-9-19(2)8-20(3,11-22)12-23(18)10-19/h4-7,18H,8-12H2,1-3H3,(H,21,24). The van der Waals surface area contributed by atoms with Gasteiger partial charge in [0.15, 0.2) is 0 Å². The van der Waals surface area contributed by atoms with Gasteiger partial charge in [-0.3, -0.25) is 14.6 Å². The van der Waals surface area contributed by atoms with Gasteiger partial charge in [0.05, 0.1) is 11.7 Å². The average Bonchev–Trinajstić information content (AvgIpc) is 2.45. The van der Waals surface area contributed by atoms with Gasteiger partial charge in [0.25, 0.3) is 5.56 Å². The molecule has 0 amide bonds. The summed E-state index contributed by atoms with van der Waals surface area (Å²) in [5.41, 5.74) is 3.84. The van der Waals surface area contributed by atoms with Crippen LogP contribution in [0.4, 0.5) is 0 Å². The Balaban J connectivity index is 1.64. The molecule has 6 rings (SSSR count). The van der Waals surface area contributed by atoms with Crippen LogP contribution >= 0.6 is 0 Å².